The molecule has 1 aromatic heterocycles. The molecule has 2 nitrogen and oxygen atoms in total. The first-order chi connectivity index (χ1) is 9.04. The molecule has 0 bridgehead atoms. The third-order valence-electron chi connectivity index (χ3n) is 3.57. The van der Waals surface area contributed by atoms with Crippen LogP contribution in [0.1, 0.15) is 45.2 Å². The number of aryl methyl sites for hydroxylation is 4. The first-order valence-electron chi connectivity index (χ1n) is 6.61. The second kappa shape index (κ2) is 5.35. The van der Waals surface area contributed by atoms with Crippen molar-refractivity contribution < 1.29 is 4.79 Å². The molecule has 0 radical (unpaired) electrons. The van der Waals surface area contributed by atoms with E-state index in [0.717, 1.165) is 28.7 Å². The van der Waals surface area contributed by atoms with Gasteiger partial charge in [0.25, 0.3) is 0 Å². The predicted molar refractivity (Wildman–Crippen MR) is 77.7 cm³/mol. The van der Waals surface area contributed by atoms with Gasteiger partial charge in [0.1, 0.15) is 5.69 Å². The monoisotopic (exact) mass is 253 g/mol. The summed E-state index contributed by atoms with van der Waals surface area (Å²) in [4.78, 5) is 16.9. The fourth-order valence-corrected chi connectivity index (χ4v) is 2.26. The van der Waals surface area contributed by atoms with Gasteiger partial charge in [-0.05, 0) is 61.6 Å². The normalized spacial score (nSPS) is 10.5. The second-order valence-electron chi connectivity index (χ2n) is 4.95. The molecule has 0 saturated carbocycles. The summed E-state index contributed by atoms with van der Waals surface area (Å²) in [5.74, 6) is 0.0260. The summed E-state index contributed by atoms with van der Waals surface area (Å²) in [6, 6.07) is 7.89. The molecule has 19 heavy (non-hydrogen) atoms. The first-order valence-corrected chi connectivity index (χ1v) is 6.61. The van der Waals surface area contributed by atoms with Crippen LogP contribution < -0.4 is 0 Å². The third-order valence-corrected chi connectivity index (χ3v) is 3.57. The van der Waals surface area contributed by atoms with E-state index in [1.54, 1.807) is 6.20 Å². The van der Waals surface area contributed by atoms with Crippen molar-refractivity contribution in [2.75, 3.05) is 0 Å². The molecule has 98 valence electrons. The van der Waals surface area contributed by atoms with Crippen molar-refractivity contribution in [3.8, 4) is 0 Å². The first kappa shape index (κ1) is 13.5. The lowest BCUT2D eigenvalue weighted by Gasteiger charge is -2.10. The maximum Gasteiger partial charge on any atom is 0.211 e. The number of hydrogen-bond donors (Lipinski definition) is 0. The van der Waals surface area contributed by atoms with E-state index in [0.29, 0.717) is 5.69 Å². The molecule has 0 aliphatic carbocycles. The Labute approximate surface area is 114 Å². The number of hydrogen-bond acceptors (Lipinski definition) is 2. The van der Waals surface area contributed by atoms with Crippen LogP contribution in [0.15, 0.2) is 30.5 Å². The van der Waals surface area contributed by atoms with Crippen LogP contribution in [0.2, 0.25) is 0 Å². The van der Waals surface area contributed by atoms with Crippen LogP contribution in [0, 0.1) is 20.8 Å². The van der Waals surface area contributed by atoms with Gasteiger partial charge in [-0.1, -0.05) is 19.1 Å². The van der Waals surface area contributed by atoms with Gasteiger partial charge in [0.15, 0.2) is 0 Å². The zero-order chi connectivity index (χ0) is 14.0. The summed E-state index contributed by atoms with van der Waals surface area (Å²) in [5.41, 5.74) is 5.72. The van der Waals surface area contributed by atoms with Crippen molar-refractivity contribution in [2.45, 2.75) is 34.1 Å². The average Bonchev–Trinajstić information content (AvgIpc) is 2.42. The molecule has 0 unspecified atom stereocenters. The van der Waals surface area contributed by atoms with Gasteiger partial charge in [-0.2, -0.15) is 0 Å². The van der Waals surface area contributed by atoms with E-state index in [4.69, 9.17) is 0 Å². The van der Waals surface area contributed by atoms with E-state index in [1.807, 2.05) is 39.0 Å². The van der Waals surface area contributed by atoms with Crippen molar-refractivity contribution >= 4 is 5.78 Å². The van der Waals surface area contributed by atoms with Crippen LogP contribution in [0.4, 0.5) is 0 Å². The molecule has 2 heteroatoms. The Morgan fingerprint density at radius 1 is 1.11 bits per heavy atom. The highest BCUT2D eigenvalue weighted by Gasteiger charge is 2.16. The molecule has 1 aromatic carbocycles. The van der Waals surface area contributed by atoms with Crippen molar-refractivity contribution in [2.24, 2.45) is 0 Å². The van der Waals surface area contributed by atoms with Crippen LogP contribution in [-0.4, -0.2) is 10.8 Å². The number of aromatic nitrogens is 1. The summed E-state index contributed by atoms with van der Waals surface area (Å²) in [6.45, 7) is 8.12. The van der Waals surface area contributed by atoms with Gasteiger partial charge in [-0.3, -0.25) is 9.78 Å². The largest absolute Gasteiger partial charge is 0.287 e. The minimum Gasteiger partial charge on any atom is -0.287 e. The second-order valence-corrected chi connectivity index (χ2v) is 4.95. The minimum absolute atomic E-state index is 0.0260. The lowest BCUT2D eigenvalue weighted by Crippen LogP contribution is -2.10. The van der Waals surface area contributed by atoms with E-state index in [-0.39, 0.29) is 5.78 Å². The fraction of sp³-hybridized carbons (Fsp3) is 0.294. The van der Waals surface area contributed by atoms with Crippen LogP contribution in [-0.2, 0) is 6.42 Å². The summed E-state index contributed by atoms with van der Waals surface area (Å²) in [5, 5.41) is 0. The molecule has 0 fully saturated rings. The highest BCUT2D eigenvalue weighted by atomic mass is 16.1. The summed E-state index contributed by atoms with van der Waals surface area (Å²) < 4.78 is 0. The van der Waals surface area contributed by atoms with Crippen LogP contribution in [0.25, 0.3) is 0 Å². The van der Waals surface area contributed by atoms with E-state index in [1.165, 1.54) is 5.56 Å². The zero-order valence-corrected chi connectivity index (χ0v) is 11.9. The van der Waals surface area contributed by atoms with Crippen LogP contribution >= 0.6 is 0 Å². The van der Waals surface area contributed by atoms with E-state index >= 15 is 0 Å². The molecule has 0 saturated heterocycles. The molecule has 0 aliphatic rings. The van der Waals surface area contributed by atoms with E-state index in [9.17, 15) is 4.79 Å². The number of ketones is 1. The molecule has 2 rings (SSSR count). The van der Waals surface area contributed by atoms with Crippen molar-refractivity contribution in [3.63, 3.8) is 0 Å². The van der Waals surface area contributed by atoms with E-state index < -0.39 is 0 Å². The molecular formula is C17H19NO. The van der Waals surface area contributed by atoms with Crippen molar-refractivity contribution in [1.82, 2.24) is 4.98 Å². The highest BCUT2D eigenvalue weighted by molar-refractivity contribution is 6.09. The fourth-order valence-electron chi connectivity index (χ4n) is 2.26. The van der Waals surface area contributed by atoms with Gasteiger partial charge < -0.3 is 0 Å². The third kappa shape index (κ3) is 2.58. The van der Waals surface area contributed by atoms with Gasteiger partial charge in [-0.25, -0.2) is 0 Å². The van der Waals surface area contributed by atoms with Gasteiger partial charge in [0.2, 0.25) is 5.78 Å². The van der Waals surface area contributed by atoms with Gasteiger partial charge >= 0.3 is 0 Å². The van der Waals surface area contributed by atoms with Crippen LogP contribution in [0.3, 0.4) is 0 Å². The Kier molecular flexibility index (Phi) is 3.79. The smallest absolute Gasteiger partial charge is 0.211 e. The Morgan fingerprint density at radius 3 is 2.47 bits per heavy atom. The number of pyridine rings is 1. The van der Waals surface area contributed by atoms with Gasteiger partial charge in [0, 0.05) is 11.8 Å². The number of carbonyl (C=O) groups excluding carboxylic acids is 1. The maximum absolute atomic E-state index is 12.6. The van der Waals surface area contributed by atoms with Crippen LogP contribution in [0.5, 0.6) is 0 Å². The summed E-state index contributed by atoms with van der Waals surface area (Å²) >= 11 is 0. The summed E-state index contributed by atoms with van der Waals surface area (Å²) in [7, 11) is 0. The standard InChI is InChI=1S/C17H19NO/c1-5-14-7-6-8-18-16(14)17(19)15-10-12(3)11(2)9-13(15)4/h6-10H,5H2,1-4H3. The molecule has 0 amide bonds. The molecule has 0 aliphatic heterocycles. The molecule has 2 aromatic rings. The molecule has 1 heterocycles. The number of benzene rings is 1. The van der Waals surface area contributed by atoms with Gasteiger partial charge in [0.05, 0.1) is 0 Å². The Morgan fingerprint density at radius 2 is 1.79 bits per heavy atom. The molecule has 0 N–H and O–H groups in total. The molecular weight excluding hydrogens is 234 g/mol. The number of nitrogens with zero attached hydrogens (tertiary/aromatic N) is 1. The topological polar surface area (TPSA) is 30.0 Å². The highest BCUT2D eigenvalue weighted by Crippen LogP contribution is 2.19. The van der Waals surface area contributed by atoms with Crippen molar-refractivity contribution in [1.29, 1.82) is 0 Å². The lowest BCUT2D eigenvalue weighted by molar-refractivity contribution is 0.103. The number of rotatable bonds is 3. The Bertz CT molecular complexity index is 629. The molecule has 0 spiro atoms. The SMILES string of the molecule is CCc1cccnc1C(=O)c1cc(C)c(C)cc1C. The summed E-state index contributed by atoms with van der Waals surface area (Å²) in [6.07, 6.45) is 2.50. The Balaban J connectivity index is 2.53. The van der Waals surface area contributed by atoms with Gasteiger partial charge in [-0.15, -0.1) is 0 Å². The van der Waals surface area contributed by atoms with E-state index in [2.05, 4.69) is 18.0 Å². The zero-order valence-electron chi connectivity index (χ0n) is 11.9. The number of carbonyl (C=O) groups is 1. The van der Waals surface area contributed by atoms with Crippen molar-refractivity contribution in [3.05, 3.63) is 64.0 Å². The predicted octanol–water partition coefficient (Wildman–Crippen LogP) is 3.80. The minimum atomic E-state index is 0.0260. The maximum atomic E-state index is 12.6. The lowest BCUT2D eigenvalue weighted by atomic mass is 9.95. The quantitative estimate of drug-likeness (QED) is 0.779. The average molecular weight is 253 g/mol. The Hall–Kier alpha value is -1.96. The molecule has 0 atom stereocenters.